The fraction of sp³-hybridized carbons (Fsp3) is 0.417. The van der Waals surface area contributed by atoms with Gasteiger partial charge in [0, 0.05) is 119 Å². The Balaban J connectivity index is 0.000000194. The third-order valence-corrected chi connectivity index (χ3v) is 26.5. The van der Waals surface area contributed by atoms with E-state index in [0.717, 1.165) is 65.3 Å². The van der Waals surface area contributed by atoms with E-state index in [1.165, 1.54) is 67.9 Å². The maximum atomic E-state index is 12.5. The largest absolute Gasteiger partial charge is 0.535 e. The van der Waals surface area contributed by atoms with Crippen LogP contribution in [-0.4, -0.2) is 215 Å². The van der Waals surface area contributed by atoms with Gasteiger partial charge < -0.3 is 78.2 Å². The lowest BCUT2D eigenvalue weighted by atomic mass is 9.63. The lowest BCUT2D eigenvalue weighted by molar-refractivity contribution is -0.140. The van der Waals surface area contributed by atoms with Crippen LogP contribution in [0, 0.1) is 16.7 Å². The van der Waals surface area contributed by atoms with Crippen LogP contribution in [0.5, 0.6) is 34.5 Å². The Bertz CT molecular complexity index is 6110. The van der Waals surface area contributed by atoms with E-state index >= 15 is 0 Å². The molecule has 35 nitrogen and oxygen atoms in total. The van der Waals surface area contributed by atoms with Crippen molar-refractivity contribution >= 4 is 140 Å². The van der Waals surface area contributed by atoms with Gasteiger partial charge in [-0.1, -0.05) is 116 Å². The highest BCUT2D eigenvalue weighted by Gasteiger charge is 2.45. The standard InChI is InChI=1S/C21H19BO5.C19H22BNO4.C17H21BO6.C17H23BO5.C15H19BN2O5.C14H18BNO6S/c1-14(23)19-9-5-8-16-12-17(22(26)27-21(16)19)13-18(24)10-11-20(25)15-6-3-2-4-7-15;1-13(22)17-6-4-5-14-9-15(20(24)25-18(14)17)10-16(23)11-19(12-21)7-2-3-8-19;1-11(19)15-7-3-5-12-9-13(18(22)24-17(12)15)10-14(20)6-4-8-16(21)23-2;1-11(22-3)7-8-15(20)10-14-9-13-5-4-6-16(12(2)19)17(13)23-18(14)21;1-9(19)13-5-3-4-10-6-11(16(22)23-14(10)13)7-12(20)8-18-15(21)17-2;1-9(17)13-5-3-4-10-6-11(15(19)22-14(10)13)7-12(18)8-16-23(2,20)21/h2-11,17,26H,12-13H2,1H3;4-6,15,24H,2-3,7-11H2,1H3;3,5,7,13,22H,4,6,8-10H2,1-2H3;4-6,11,14,21H,7-10H2,1-3H3;3-5,11,22H,6-8H2,1-2H3,(H2,17,18,21);3-5,11,16,19H,6-8H2,1-2H3/b11-10+;;;;;/t17-;15-;13-;11?,14-;2*11-/m111111/s1. The van der Waals surface area contributed by atoms with Crippen LogP contribution in [0.1, 0.15) is 257 Å². The third-order valence-electron chi connectivity index (χ3n) is 25.8. The summed E-state index contributed by atoms with van der Waals surface area (Å²) in [6.45, 7) is 10.2. The predicted molar refractivity (Wildman–Crippen MR) is 541 cm³/mol. The fourth-order valence-corrected chi connectivity index (χ4v) is 18.4. The molecule has 6 aliphatic heterocycles. The number of ether oxygens (including phenoxy) is 2. The number of nitrogens with one attached hydrogen (secondary N) is 3. The van der Waals surface area contributed by atoms with Gasteiger partial charge in [0.15, 0.2) is 52.0 Å². The molecule has 1 saturated carbocycles. The molecule has 0 radical (unpaired) electrons. The van der Waals surface area contributed by atoms with Crippen LogP contribution in [0.15, 0.2) is 152 Å². The fourth-order valence-electron chi connectivity index (χ4n) is 17.9. The van der Waals surface area contributed by atoms with Gasteiger partial charge in [-0.2, -0.15) is 5.26 Å². The number of methoxy groups -OCH3 is 2. The number of fused-ring (bicyclic) bond motifs is 6. The number of benzene rings is 7. The zero-order valence-electron chi connectivity index (χ0n) is 83.2. The molecule has 764 valence electrons. The van der Waals surface area contributed by atoms with Crippen molar-refractivity contribution in [2.24, 2.45) is 5.41 Å². The average Bonchev–Trinajstić information content (AvgIpc) is 1.80. The molecule has 6 heterocycles. The number of allylic oxidation sites excluding steroid dienone is 2. The zero-order chi connectivity index (χ0) is 106. The van der Waals surface area contributed by atoms with Gasteiger partial charge in [-0.05, 0) is 195 Å². The van der Waals surface area contributed by atoms with Gasteiger partial charge in [-0.25, -0.2) is 17.9 Å². The highest BCUT2D eigenvalue weighted by Crippen LogP contribution is 2.46. The number of carbonyl (C=O) groups excluding carboxylic acids is 15. The summed E-state index contributed by atoms with van der Waals surface area (Å²) in [7, 11) is -5.90. The van der Waals surface area contributed by atoms with Gasteiger partial charge in [-0.15, -0.1) is 0 Å². The van der Waals surface area contributed by atoms with Gasteiger partial charge in [0.2, 0.25) is 10.0 Å². The smallest absolute Gasteiger partial charge is 0.526 e. The number of esters is 1. The van der Waals surface area contributed by atoms with Crippen molar-refractivity contribution in [3.8, 4) is 40.6 Å². The number of urea groups is 1. The van der Waals surface area contributed by atoms with Gasteiger partial charge in [0.1, 0.15) is 57.6 Å². The molecule has 7 aromatic rings. The van der Waals surface area contributed by atoms with Crippen molar-refractivity contribution in [1.82, 2.24) is 15.4 Å². The Morgan fingerprint density at radius 2 is 0.738 bits per heavy atom. The van der Waals surface area contributed by atoms with Crippen molar-refractivity contribution in [3.05, 3.63) is 224 Å². The van der Waals surface area contributed by atoms with Crippen LogP contribution in [-0.2, 0) is 91.6 Å². The normalized spacial score (nSPS) is 17.5. The summed E-state index contributed by atoms with van der Waals surface area (Å²) in [4.78, 5) is 177. The Hall–Kier alpha value is -13.0. The summed E-state index contributed by atoms with van der Waals surface area (Å²) in [5.41, 5.74) is 7.45. The molecule has 7 atom stereocenters. The highest BCUT2D eigenvalue weighted by atomic mass is 32.2. The van der Waals surface area contributed by atoms with Crippen molar-refractivity contribution in [3.63, 3.8) is 0 Å². The third kappa shape index (κ3) is 34.1. The van der Waals surface area contributed by atoms with Gasteiger partial charge in [0.25, 0.3) is 0 Å². The molecule has 7 aliphatic rings. The molecule has 14 rings (SSSR count). The van der Waals surface area contributed by atoms with E-state index in [2.05, 4.69) is 26.2 Å². The maximum absolute atomic E-state index is 12.5. The number of Topliss-reactive ketones (excluding diaryl/α,β-unsaturated/α-hetero) is 11. The predicted octanol–water partition coefficient (Wildman–Crippen LogP) is 11.4. The van der Waals surface area contributed by atoms with Gasteiger partial charge in [-0.3, -0.25) is 67.1 Å². The first kappa shape index (κ1) is 116. The second-order valence-corrected chi connectivity index (χ2v) is 39.0. The second kappa shape index (κ2) is 54.8. The SMILES string of the molecule is CC(=O)c1cccc2c1OB(O)[C@@H](CC(=O)/C=C/C(=O)c1ccccc1)C2.CC(=O)c1cccc2c1OB(O)[C@@H](CC(=O)CC1(C#N)CCCC1)C2.CC(=O)c1cccc2c1OB(O)[C@@H](CC(=O)CNS(C)(=O)=O)C2.CNC(=O)NCC(=O)C[C@H]1Cc2cccc(C(C)=O)c2OB1O.COC(=O)CCCC(=O)C[C@H]1Cc2cccc(C(C)=O)c2OB1O.COC(C)CCC(=O)C[C@H]1Cc2cccc(C(C)=O)c2OB1O. The minimum Gasteiger partial charge on any atom is -0.535 e. The molecule has 1 fully saturated rings. The second-order valence-electron chi connectivity index (χ2n) is 37.2. The van der Waals surface area contributed by atoms with E-state index < -0.39 is 81.6 Å². The molecule has 0 spiro atoms. The molecule has 7 aromatic carbocycles. The number of carbonyl (C=O) groups is 15. The molecular formula is C103H122B6N4O31S. The first-order chi connectivity index (χ1) is 68.8. The first-order valence-electron chi connectivity index (χ1n) is 48.0. The highest BCUT2D eigenvalue weighted by molar-refractivity contribution is 7.88. The minimum atomic E-state index is -3.44. The number of nitrogens with zero attached hydrogens (tertiary/aromatic N) is 1. The lowest BCUT2D eigenvalue weighted by Crippen LogP contribution is -2.39. The summed E-state index contributed by atoms with van der Waals surface area (Å²) in [6.07, 6.45) is 12.8. The maximum Gasteiger partial charge on any atom is 0.526 e. The summed E-state index contributed by atoms with van der Waals surface area (Å²) >= 11 is 0. The molecule has 2 amide bonds. The number of para-hydroxylation sites is 6. The van der Waals surface area contributed by atoms with Crippen molar-refractivity contribution < 1.29 is 148 Å². The number of nitriles is 1. The monoisotopic (exact) mass is 2010 g/mol. The molecule has 42 heteroatoms. The average molecular weight is 2010 g/mol. The zero-order valence-corrected chi connectivity index (χ0v) is 84.0. The molecule has 0 aromatic heterocycles. The quantitative estimate of drug-likeness (QED) is 0.00762. The number of hydrogen-bond acceptors (Lipinski definition) is 32. The van der Waals surface area contributed by atoms with Crippen molar-refractivity contribution in [1.29, 1.82) is 5.26 Å². The van der Waals surface area contributed by atoms with Crippen LogP contribution in [0.4, 0.5) is 4.79 Å². The number of sulfonamides is 1. The van der Waals surface area contributed by atoms with Gasteiger partial charge >= 0.3 is 54.7 Å². The number of ketones is 13. The van der Waals surface area contributed by atoms with Crippen LogP contribution in [0.3, 0.4) is 0 Å². The van der Waals surface area contributed by atoms with Crippen LogP contribution in [0.25, 0.3) is 0 Å². The van der Waals surface area contributed by atoms with Crippen molar-refractivity contribution in [2.75, 3.05) is 40.6 Å². The molecule has 145 heavy (non-hydrogen) atoms. The number of amides is 2. The Morgan fingerprint density at radius 3 is 1.04 bits per heavy atom. The summed E-state index contributed by atoms with van der Waals surface area (Å²) < 4.78 is 66.8. The molecule has 0 saturated heterocycles. The molecule has 1 aliphatic carbocycles. The number of hydrogen-bond donors (Lipinski definition) is 9. The molecule has 1 unspecified atom stereocenters. The van der Waals surface area contributed by atoms with Crippen LogP contribution in [0.2, 0.25) is 34.9 Å². The first-order valence-corrected chi connectivity index (χ1v) is 49.9. The van der Waals surface area contributed by atoms with E-state index in [1.54, 1.807) is 110 Å². The topological polar surface area (TPSA) is 545 Å². The van der Waals surface area contributed by atoms with Gasteiger partial charge in [0.05, 0.1) is 77.4 Å². The Labute approximate surface area is 845 Å². The summed E-state index contributed by atoms with van der Waals surface area (Å²) in [5, 5.41) is 75.3. The van der Waals surface area contributed by atoms with Crippen molar-refractivity contribution in [2.45, 2.75) is 231 Å². The van der Waals surface area contributed by atoms with Crippen LogP contribution >= 0.6 is 0 Å². The lowest BCUT2D eigenvalue weighted by Gasteiger charge is -2.29. The van der Waals surface area contributed by atoms with E-state index in [-0.39, 0.29) is 176 Å². The Morgan fingerprint density at radius 1 is 0.428 bits per heavy atom. The number of rotatable bonds is 36. The van der Waals surface area contributed by atoms with E-state index in [0.29, 0.717) is 131 Å². The molecule has 0 bridgehead atoms. The Kier molecular flexibility index (Phi) is 43.7. The summed E-state index contributed by atoms with van der Waals surface area (Å²) in [6, 6.07) is 42.1. The molecule has 9 N–H and O–H groups in total. The van der Waals surface area contributed by atoms with E-state index in [9.17, 15) is 116 Å². The van der Waals surface area contributed by atoms with E-state index in [1.807, 2.05) is 43.3 Å². The molecular weight excluding hydrogens is 1890 g/mol. The summed E-state index contributed by atoms with van der Waals surface area (Å²) in [5.74, 6) is -2.04. The minimum absolute atomic E-state index is 0.00210. The van der Waals surface area contributed by atoms with Crippen LogP contribution < -0.4 is 43.3 Å². The van der Waals surface area contributed by atoms with E-state index in [4.69, 9.17) is 32.7 Å².